The lowest BCUT2D eigenvalue weighted by Crippen LogP contribution is -2.28. The molecule has 2 aliphatic carbocycles. The summed E-state index contributed by atoms with van der Waals surface area (Å²) in [4.78, 5) is 15.0. The zero-order valence-corrected chi connectivity index (χ0v) is 35.7. The molecule has 0 fully saturated rings. The van der Waals surface area contributed by atoms with Crippen molar-refractivity contribution in [3.8, 4) is 50.7 Å². The van der Waals surface area contributed by atoms with Crippen molar-refractivity contribution in [2.24, 2.45) is 0 Å². The second-order valence-electron chi connectivity index (χ2n) is 17.6. The van der Waals surface area contributed by atoms with Crippen LogP contribution in [-0.4, -0.2) is 19.5 Å². The summed E-state index contributed by atoms with van der Waals surface area (Å²) < 4.78 is 2.44. The standard InChI is InChI=1S/C59H44N4/c1-5-16-36(2)56-60-57(37-17-7-6-8-18-37)62-58(61-56)40-19-15-20-41(31-40)63-54-30-28-39(33-50(54)51-34-49-47-25-13-14-26-52(47)59(3,4)53(49)35-55(51)63)38-27-29-46-44-23-10-9-21-42(44)43-22-11-12-24-45(43)48(46)32-38/h5-10,13-35H,1,11-12H2,2-4H3/b36-16+. The Hall–Kier alpha value is -7.69. The molecule has 300 valence electrons. The molecule has 2 heterocycles. The van der Waals surface area contributed by atoms with Crippen molar-refractivity contribution in [3.63, 3.8) is 0 Å². The van der Waals surface area contributed by atoms with Crippen LogP contribution < -0.4 is 10.4 Å². The molecule has 0 amide bonds. The minimum Gasteiger partial charge on any atom is -0.309 e. The van der Waals surface area contributed by atoms with Gasteiger partial charge < -0.3 is 4.57 Å². The van der Waals surface area contributed by atoms with Crippen LogP contribution in [0.2, 0.25) is 0 Å². The molecule has 12 rings (SSSR count). The van der Waals surface area contributed by atoms with E-state index in [1.165, 1.54) is 81.7 Å². The van der Waals surface area contributed by atoms with Crippen molar-refractivity contribution < 1.29 is 0 Å². The van der Waals surface area contributed by atoms with Gasteiger partial charge in [0.2, 0.25) is 0 Å². The molecule has 0 spiro atoms. The quantitative estimate of drug-likeness (QED) is 0.124. The number of rotatable bonds is 6. The Morgan fingerprint density at radius 3 is 1.98 bits per heavy atom. The van der Waals surface area contributed by atoms with Crippen LogP contribution in [0, 0.1) is 0 Å². The smallest absolute Gasteiger partial charge is 0.164 e. The molecular formula is C59H44N4. The molecule has 63 heavy (non-hydrogen) atoms. The highest BCUT2D eigenvalue weighted by atomic mass is 15.0. The number of aromatic nitrogens is 4. The molecule has 0 N–H and O–H groups in total. The third-order valence-corrected chi connectivity index (χ3v) is 13.5. The Balaban J connectivity index is 1.09. The van der Waals surface area contributed by atoms with Gasteiger partial charge in [0, 0.05) is 33.0 Å². The molecular weight excluding hydrogens is 765 g/mol. The largest absolute Gasteiger partial charge is 0.309 e. The molecule has 4 nitrogen and oxygen atoms in total. The number of hydrogen-bond donors (Lipinski definition) is 0. The van der Waals surface area contributed by atoms with Crippen LogP contribution in [0.3, 0.4) is 0 Å². The van der Waals surface area contributed by atoms with E-state index in [9.17, 15) is 0 Å². The van der Waals surface area contributed by atoms with E-state index in [1.54, 1.807) is 6.08 Å². The van der Waals surface area contributed by atoms with Crippen LogP contribution in [0.1, 0.15) is 50.6 Å². The van der Waals surface area contributed by atoms with E-state index >= 15 is 0 Å². The van der Waals surface area contributed by atoms with Gasteiger partial charge >= 0.3 is 0 Å². The molecule has 4 heteroatoms. The third kappa shape index (κ3) is 5.78. The van der Waals surface area contributed by atoms with Gasteiger partial charge in [-0.3, -0.25) is 0 Å². The summed E-state index contributed by atoms with van der Waals surface area (Å²) in [6.45, 7) is 10.7. The summed E-state index contributed by atoms with van der Waals surface area (Å²) >= 11 is 0. The number of nitrogens with zero attached hydrogens (tertiary/aromatic N) is 4. The summed E-state index contributed by atoms with van der Waals surface area (Å²) in [6.07, 6.45) is 10.7. The van der Waals surface area contributed by atoms with Crippen molar-refractivity contribution in [1.29, 1.82) is 0 Å². The molecule has 0 saturated heterocycles. The van der Waals surface area contributed by atoms with Crippen LogP contribution in [-0.2, 0) is 5.41 Å². The average Bonchev–Trinajstić information content (AvgIpc) is 3.77. The zero-order chi connectivity index (χ0) is 42.4. The molecule has 0 saturated carbocycles. The van der Waals surface area contributed by atoms with Crippen LogP contribution in [0.4, 0.5) is 0 Å². The van der Waals surface area contributed by atoms with Crippen molar-refractivity contribution in [2.45, 2.75) is 39.0 Å². The maximum atomic E-state index is 5.07. The molecule has 2 aromatic heterocycles. The highest BCUT2D eigenvalue weighted by Crippen LogP contribution is 2.51. The first-order chi connectivity index (χ1) is 30.9. The molecule has 0 radical (unpaired) electrons. The fourth-order valence-electron chi connectivity index (χ4n) is 10.4. The first-order valence-electron chi connectivity index (χ1n) is 22.0. The molecule has 2 aliphatic rings. The fourth-order valence-corrected chi connectivity index (χ4v) is 10.4. The van der Waals surface area contributed by atoms with E-state index in [-0.39, 0.29) is 5.41 Å². The van der Waals surface area contributed by atoms with Gasteiger partial charge in [0.15, 0.2) is 17.5 Å². The molecule has 0 unspecified atom stereocenters. The molecule has 0 bridgehead atoms. The Morgan fingerprint density at radius 2 is 1.17 bits per heavy atom. The van der Waals surface area contributed by atoms with Gasteiger partial charge in [-0.15, -0.1) is 0 Å². The summed E-state index contributed by atoms with van der Waals surface area (Å²) in [7, 11) is 0. The highest BCUT2D eigenvalue weighted by Gasteiger charge is 2.36. The van der Waals surface area contributed by atoms with Gasteiger partial charge in [0.25, 0.3) is 0 Å². The minimum absolute atomic E-state index is 0.150. The van der Waals surface area contributed by atoms with E-state index in [1.807, 2.05) is 43.3 Å². The van der Waals surface area contributed by atoms with E-state index in [2.05, 4.69) is 158 Å². The van der Waals surface area contributed by atoms with E-state index in [0.717, 1.165) is 40.7 Å². The van der Waals surface area contributed by atoms with Crippen LogP contribution >= 0.6 is 0 Å². The van der Waals surface area contributed by atoms with Crippen molar-refractivity contribution >= 4 is 61.1 Å². The minimum atomic E-state index is -0.150. The first kappa shape index (κ1) is 37.1. The monoisotopic (exact) mass is 808 g/mol. The lowest BCUT2D eigenvalue weighted by Gasteiger charge is -2.21. The second-order valence-corrected chi connectivity index (χ2v) is 17.6. The molecule has 0 aliphatic heterocycles. The van der Waals surface area contributed by atoms with E-state index < -0.39 is 0 Å². The summed E-state index contributed by atoms with van der Waals surface area (Å²) in [5.41, 5.74) is 13.8. The number of fused-ring (bicyclic) bond motifs is 12. The number of allylic oxidation sites excluding steroid dienone is 3. The Morgan fingerprint density at radius 1 is 0.524 bits per heavy atom. The highest BCUT2D eigenvalue weighted by molar-refractivity contribution is 6.14. The SMILES string of the molecule is C=C/C=C(\C)c1nc(-c2ccccc2)nc(-c2cccc(-n3c4ccc(-c5ccc6c(c5)c5c(c7ccccc76)=CCCC=5)cc4c4cc5c(cc43)C(C)(C)c3ccccc3-5)c2)n1. The van der Waals surface area contributed by atoms with Crippen molar-refractivity contribution in [3.05, 3.63) is 198 Å². The van der Waals surface area contributed by atoms with Crippen molar-refractivity contribution in [2.75, 3.05) is 0 Å². The normalized spacial score (nSPS) is 14.0. The molecule has 10 aromatic rings. The van der Waals surface area contributed by atoms with Gasteiger partial charge in [0.05, 0.1) is 11.0 Å². The topological polar surface area (TPSA) is 43.6 Å². The maximum Gasteiger partial charge on any atom is 0.164 e. The number of benzene rings is 8. The third-order valence-electron chi connectivity index (χ3n) is 13.5. The fraction of sp³-hybridized carbons (Fsp3) is 0.102. The summed E-state index contributed by atoms with van der Waals surface area (Å²) in [5.74, 6) is 1.89. The van der Waals surface area contributed by atoms with Gasteiger partial charge in [-0.05, 0) is 133 Å². The van der Waals surface area contributed by atoms with E-state index in [0.29, 0.717) is 17.5 Å². The summed E-state index contributed by atoms with van der Waals surface area (Å²) in [6, 6.07) is 55.6. The second kappa shape index (κ2) is 14.2. The predicted molar refractivity (Wildman–Crippen MR) is 264 cm³/mol. The van der Waals surface area contributed by atoms with Gasteiger partial charge in [-0.1, -0.05) is 154 Å². The summed E-state index contributed by atoms with van der Waals surface area (Å²) in [5, 5.41) is 10.5. The zero-order valence-electron chi connectivity index (χ0n) is 35.7. The van der Waals surface area contributed by atoms with Crippen LogP contribution in [0.15, 0.2) is 170 Å². The molecule has 8 aromatic carbocycles. The van der Waals surface area contributed by atoms with Crippen LogP contribution in [0.5, 0.6) is 0 Å². The first-order valence-corrected chi connectivity index (χ1v) is 22.0. The Bertz CT molecular complexity index is 3740. The average molecular weight is 809 g/mol. The maximum absolute atomic E-state index is 5.07. The van der Waals surface area contributed by atoms with E-state index in [4.69, 9.17) is 15.0 Å². The van der Waals surface area contributed by atoms with Gasteiger partial charge in [-0.25, -0.2) is 15.0 Å². The number of hydrogen-bond acceptors (Lipinski definition) is 3. The lowest BCUT2D eigenvalue weighted by molar-refractivity contribution is 0.661. The molecule has 0 atom stereocenters. The Labute approximate surface area is 366 Å². The van der Waals surface area contributed by atoms with Crippen molar-refractivity contribution in [1.82, 2.24) is 19.5 Å². The Kier molecular flexibility index (Phi) is 8.35. The predicted octanol–water partition coefficient (Wildman–Crippen LogP) is 13.5. The van der Waals surface area contributed by atoms with Crippen LogP contribution in [0.25, 0.3) is 112 Å². The lowest BCUT2D eigenvalue weighted by atomic mass is 9.82. The van der Waals surface area contributed by atoms with Gasteiger partial charge in [0.1, 0.15) is 0 Å². The van der Waals surface area contributed by atoms with Gasteiger partial charge in [-0.2, -0.15) is 0 Å².